The summed E-state index contributed by atoms with van der Waals surface area (Å²) in [5.74, 6) is 0.661. The summed E-state index contributed by atoms with van der Waals surface area (Å²) in [5, 5.41) is 0.453. The van der Waals surface area contributed by atoms with Crippen molar-refractivity contribution in [3.63, 3.8) is 0 Å². The number of carbonyl (C=O) groups excluding carboxylic acids is 1. The normalized spacial score (nSPS) is 12.0. The van der Waals surface area contributed by atoms with Gasteiger partial charge >= 0.3 is 5.97 Å². The lowest BCUT2D eigenvalue weighted by Crippen LogP contribution is -2.11. The molecule has 0 aliphatic carbocycles. The van der Waals surface area contributed by atoms with E-state index in [2.05, 4.69) is 4.99 Å². The fraction of sp³-hybridized carbons (Fsp3) is 0.300. The zero-order chi connectivity index (χ0) is 19.1. The second-order valence-electron chi connectivity index (χ2n) is 5.67. The van der Waals surface area contributed by atoms with Gasteiger partial charge in [-0.05, 0) is 49.2 Å². The predicted molar refractivity (Wildman–Crippen MR) is 103 cm³/mol. The maximum absolute atomic E-state index is 11.6. The van der Waals surface area contributed by atoms with Gasteiger partial charge in [0.1, 0.15) is 0 Å². The van der Waals surface area contributed by atoms with Crippen LogP contribution in [0.2, 0.25) is 5.02 Å². The molecule has 0 fully saturated rings. The van der Waals surface area contributed by atoms with E-state index in [4.69, 9.17) is 25.8 Å². The number of esters is 1. The van der Waals surface area contributed by atoms with Gasteiger partial charge < -0.3 is 14.2 Å². The van der Waals surface area contributed by atoms with Crippen LogP contribution in [0.5, 0.6) is 11.5 Å². The van der Waals surface area contributed by atoms with E-state index in [0.717, 1.165) is 12.0 Å². The number of rotatable bonds is 7. The van der Waals surface area contributed by atoms with Crippen molar-refractivity contribution in [2.75, 3.05) is 14.2 Å². The van der Waals surface area contributed by atoms with E-state index >= 15 is 0 Å². The Morgan fingerprint density at radius 3 is 2.69 bits per heavy atom. The molecular formula is C20H22ClNO4. The van der Waals surface area contributed by atoms with Gasteiger partial charge in [-0.3, -0.25) is 4.99 Å². The first-order chi connectivity index (χ1) is 12.5. The molecular weight excluding hydrogens is 354 g/mol. The monoisotopic (exact) mass is 375 g/mol. The highest BCUT2D eigenvalue weighted by Crippen LogP contribution is 2.37. The molecule has 0 aliphatic rings. The van der Waals surface area contributed by atoms with Gasteiger partial charge in [-0.2, -0.15) is 0 Å². The topological polar surface area (TPSA) is 57.1 Å². The van der Waals surface area contributed by atoms with Gasteiger partial charge in [0.15, 0.2) is 11.5 Å². The minimum Gasteiger partial charge on any atom is -0.493 e. The Kier molecular flexibility index (Phi) is 7.04. The predicted octanol–water partition coefficient (Wildman–Crippen LogP) is 5.06. The number of ether oxygens (including phenoxy) is 3. The van der Waals surface area contributed by atoms with Crippen LogP contribution in [0.1, 0.15) is 36.2 Å². The number of nitrogens with zero attached hydrogens (tertiary/aromatic N) is 1. The molecule has 138 valence electrons. The van der Waals surface area contributed by atoms with Crippen molar-refractivity contribution in [2.45, 2.75) is 26.4 Å². The first-order valence-electron chi connectivity index (χ1n) is 8.25. The van der Waals surface area contributed by atoms with E-state index in [1.807, 2.05) is 13.8 Å². The summed E-state index contributed by atoms with van der Waals surface area (Å²) in [6, 6.07) is 10.4. The average Bonchev–Trinajstić information content (AvgIpc) is 2.67. The fourth-order valence-corrected chi connectivity index (χ4v) is 2.46. The summed E-state index contributed by atoms with van der Waals surface area (Å²) in [5.41, 5.74) is 1.82. The van der Waals surface area contributed by atoms with Gasteiger partial charge in [0.25, 0.3) is 0 Å². The Morgan fingerprint density at radius 1 is 1.27 bits per heavy atom. The molecule has 2 aromatic rings. The van der Waals surface area contributed by atoms with E-state index in [-0.39, 0.29) is 6.10 Å². The standard InChI is InChI=1S/C20H22ClNO4/c1-5-13(2)26-19-17(21)9-14(10-18(19)24-3)12-22-16-8-6-7-15(11-16)20(23)25-4/h6-13H,5H2,1-4H3/t13-/m1/s1. The highest BCUT2D eigenvalue weighted by molar-refractivity contribution is 6.32. The van der Waals surface area contributed by atoms with Gasteiger partial charge in [-0.1, -0.05) is 24.6 Å². The van der Waals surface area contributed by atoms with Crippen molar-refractivity contribution < 1.29 is 19.0 Å². The number of carbonyl (C=O) groups is 1. The summed E-state index contributed by atoms with van der Waals surface area (Å²) >= 11 is 6.35. The Balaban J connectivity index is 2.28. The lowest BCUT2D eigenvalue weighted by atomic mass is 10.2. The first-order valence-corrected chi connectivity index (χ1v) is 8.62. The Bertz CT molecular complexity index is 804. The number of hydrogen-bond acceptors (Lipinski definition) is 5. The van der Waals surface area contributed by atoms with Gasteiger partial charge in [0, 0.05) is 6.21 Å². The lowest BCUT2D eigenvalue weighted by molar-refractivity contribution is 0.0601. The molecule has 0 amide bonds. The molecule has 0 unspecified atom stereocenters. The molecule has 5 nitrogen and oxygen atoms in total. The molecule has 0 bridgehead atoms. The Morgan fingerprint density at radius 2 is 2.04 bits per heavy atom. The summed E-state index contributed by atoms with van der Waals surface area (Å²) in [4.78, 5) is 16.0. The molecule has 0 N–H and O–H groups in total. The Labute approximate surface area is 158 Å². The van der Waals surface area contributed by atoms with Gasteiger partial charge in [0.05, 0.1) is 36.6 Å². The van der Waals surface area contributed by atoms with E-state index in [1.165, 1.54) is 7.11 Å². The third-order valence-corrected chi connectivity index (χ3v) is 4.06. The van der Waals surface area contributed by atoms with Crippen LogP contribution in [-0.4, -0.2) is 32.5 Å². The summed E-state index contributed by atoms with van der Waals surface area (Å²) in [6.07, 6.45) is 2.54. The van der Waals surface area contributed by atoms with Crippen LogP contribution in [0.25, 0.3) is 0 Å². The molecule has 6 heteroatoms. The second kappa shape index (κ2) is 9.25. The molecule has 0 aromatic heterocycles. The third-order valence-electron chi connectivity index (χ3n) is 3.78. The van der Waals surface area contributed by atoms with Gasteiger partial charge in [0.2, 0.25) is 0 Å². The molecule has 0 saturated carbocycles. The molecule has 1 atom stereocenters. The largest absolute Gasteiger partial charge is 0.493 e. The third kappa shape index (κ3) is 4.99. The lowest BCUT2D eigenvalue weighted by Gasteiger charge is -2.17. The zero-order valence-electron chi connectivity index (χ0n) is 15.3. The van der Waals surface area contributed by atoms with Crippen LogP contribution in [0.3, 0.4) is 0 Å². The van der Waals surface area contributed by atoms with E-state index in [0.29, 0.717) is 27.8 Å². The van der Waals surface area contributed by atoms with Gasteiger partial charge in [-0.25, -0.2) is 4.79 Å². The smallest absolute Gasteiger partial charge is 0.337 e. The van der Waals surface area contributed by atoms with Crippen molar-refractivity contribution in [3.05, 3.63) is 52.5 Å². The maximum Gasteiger partial charge on any atom is 0.337 e. The van der Waals surface area contributed by atoms with Crippen molar-refractivity contribution in [2.24, 2.45) is 4.99 Å². The minimum atomic E-state index is -0.404. The molecule has 0 heterocycles. The number of hydrogen-bond donors (Lipinski definition) is 0. The maximum atomic E-state index is 11.6. The fourth-order valence-electron chi connectivity index (χ4n) is 2.19. The first kappa shape index (κ1) is 19.8. The van der Waals surface area contributed by atoms with Crippen molar-refractivity contribution in [1.82, 2.24) is 0 Å². The molecule has 0 aliphatic heterocycles. The molecule has 0 radical (unpaired) electrons. The molecule has 0 saturated heterocycles. The number of methoxy groups -OCH3 is 2. The van der Waals surface area contributed by atoms with Crippen LogP contribution in [0.4, 0.5) is 5.69 Å². The van der Waals surface area contributed by atoms with E-state index in [1.54, 1.807) is 49.7 Å². The summed E-state index contributed by atoms with van der Waals surface area (Å²) in [6.45, 7) is 4.01. The quantitative estimate of drug-likeness (QED) is 0.501. The Hall–Kier alpha value is -2.53. The van der Waals surface area contributed by atoms with Crippen LogP contribution in [-0.2, 0) is 4.74 Å². The highest BCUT2D eigenvalue weighted by atomic mass is 35.5. The number of benzene rings is 2. The van der Waals surface area contributed by atoms with E-state index in [9.17, 15) is 4.79 Å². The van der Waals surface area contributed by atoms with Crippen molar-refractivity contribution in [1.29, 1.82) is 0 Å². The molecule has 0 spiro atoms. The van der Waals surface area contributed by atoms with Crippen LogP contribution in [0.15, 0.2) is 41.4 Å². The van der Waals surface area contributed by atoms with E-state index < -0.39 is 5.97 Å². The minimum absolute atomic E-state index is 0.0296. The zero-order valence-corrected chi connectivity index (χ0v) is 16.0. The number of aliphatic imine (C=N–C) groups is 1. The van der Waals surface area contributed by atoms with Crippen LogP contribution in [0, 0.1) is 0 Å². The summed E-state index contributed by atoms with van der Waals surface area (Å²) in [7, 11) is 2.91. The molecule has 2 rings (SSSR count). The second-order valence-corrected chi connectivity index (χ2v) is 6.08. The van der Waals surface area contributed by atoms with Crippen LogP contribution < -0.4 is 9.47 Å². The summed E-state index contributed by atoms with van der Waals surface area (Å²) < 4.78 is 15.9. The van der Waals surface area contributed by atoms with Crippen molar-refractivity contribution in [3.8, 4) is 11.5 Å². The molecule has 2 aromatic carbocycles. The average molecular weight is 376 g/mol. The SMILES string of the molecule is CC[C@@H](C)Oc1c(Cl)cc(C=Nc2cccc(C(=O)OC)c2)cc1OC. The highest BCUT2D eigenvalue weighted by Gasteiger charge is 2.14. The van der Waals surface area contributed by atoms with Crippen molar-refractivity contribution >= 4 is 29.5 Å². The van der Waals surface area contributed by atoms with Crippen LogP contribution >= 0.6 is 11.6 Å². The van der Waals surface area contributed by atoms with Gasteiger partial charge in [-0.15, -0.1) is 0 Å². The molecule has 26 heavy (non-hydrogen) atoms. The number of halogens is 1.